The molecule has 1 saturated heterocycles. The number of hydrogen-bond acceptors (Lipinski definition) is 5. The summed E-state index contributed by atoms with van der Waals surface area (Å²) in [7, 11) is -4.24. The molecule has 6 nitrogen and oxygen atoms in total. The molecule has 0 spiro atoms. The zero-order valence-corrected chi connectivity index (χ0v) is 16.5. The van der Waals surface area contributed by atoms with Crippen LogP contribution in [0.1, 0.15) is 29.1 Å². The number of rotatable bonds is 5. The Morgan fingerprint density at radius 1 is 1.39 bits per heavy atom. The number of nitrogens with zero attached hydrogens (tertiary/aromatic N) is 2. The fourth-order valence-corrected chi connectivity index (χ4v) is 5.36. The van der Waals surface area contributed by atoms with Crippen molar-refractivity contribution < 1.29 is 26.4 Å². The van der Waals surface area contributed by atoms with E-state index in [2.05, 4.69) is 10.3 Å². The van der Waals surface area contributed by atoms with E-state index in [1.807, 2.05) is 6.92 Å². The zero-order chi connectivity index (χ0) is 20.5. The molecule has 0 radical (unpaired) electrons. The van der Waals surface area contributed by atoms with E-state index in [9.17, 15) is 26.4 Å². The van der Waals surface area contributed by atoms with E-state index in [0.717, 1.165) is 27.5 Å². The minimum absolute atomic E-state index is 0.0759. The largest absolute Gasteiger partial charge is 0.416 e. The molecule has 1 N–H and O–H groups in total. The highest BCUT2D eigenvalue weighted by atomic mass is 32.2. The Morgan fingerprint density at radius 3 is 2.79 bits per heavy atom. The molecule has 11 heteroatoms. The topological polar surface area (TPSA) is 79.4 Å². The first-order valence-electron chi connectivity index (χ1n) is 8.47. The second kappa shape index (κ2) is 7.80. The van der Waals surface area contributed by atoms with Crippen LogP contribution in [0.4, 0.5) is 13.2 Å². The first-order chi connectivity index (χ1) is 13.1. The molecule has 1 amide bonds. The van der Waals surface area contributed by atoms with Crippen molar-refractivity contribution in [2.45, 2.75) is 43.4 Å². The molecule has 0 aliphatic carbocycles. The molecule has 1 aliphatic heterocycles. The number of nitrogens with one attached hydrogen (secondary N) is 1. The van der Waals surface area contributed by atoms with Crippen LogP contribution in [0.5, 0.6) is 0 Å². The number of sulfonamides is 1. The van der Waals surface area contributed by atoms with Crippen molar-refractivity contribution in [1.82, 2.24) is 14.6 Å². The number of amides is 1. The fraction of sp³-hybridized carbons (Fsp3) is 0.412. The van der Waals surface area contributed by atoms with Gasteiger partial charge in [0.2, 0.25) is 15.9 Å². The lowest BCUT2D eigenvalue weighted by Gasteiger charge is -2.23. The number of hydrogen-bond donors (Lipinski definition) is 1. The zero-order valence-electron chi connectivity index (χ0n) is 14.9. The third kappa shape index (κ3) is 4.36. The normalized spacial score (nSPS) is 18.4. The van der Waals surface area contributed by atoms with Crippen LogP contribution in [0.3, 0.4) is 0 Å². The van der Waals surface area contributed by atoms with E-state index in [0.29, 0.717) is 24.6 Å². The van der Waals surface area contributed by atoms with Crippen LogP contribution in [-0.4, -0.2) is 36.2 Å². The molecule has 3 rings (SSSR count). The standard InChI is InChI=1S/C17H18F3N3O3S2/c1-11-22-13(10-27-11)9-21-16(24)15-6-3-7-23(15)28(25,26)14-5-2-4-12(8-14)17(18,19)20/h2,4-5,8,10,15H,3,6-7,9H2,1H3,(H,21,24)/t15-/m1/s1. The van der Waals surface area contributed by atoms with E-state index in [-0.39, 0.29) is 13.1 Å². The number of alkyl halides is 3. The molecular formula is C17H18F3N3O3S2. The summed E-state index contributed by atoms with van der Waals surface area (Å²) < 4.78 is 65.5. The minimum Gasteiger partial charge on any atom is -0.349 e. The van der Waals surface area contributed by atoms with Crippen molar-refractivity contribution >= 4 is 27.3 Å². The highest BCUT2D eigenvalue weighted by Crippen LogP contribution is 2.32. The quantitative estimate of drug-likeness (QED) is 0.786. The lowest BCUT2D eigenvalue weighted by molar-refractivity contribution is -0.137. The number of halogens is 3. The third-order valence-corrected chi connectivity index (χ3v) is 7.11. The number of aromatic nitrogens is 1. The van der Waals surface area contributed by atoms with E-state index in [1.165, 1.54) is 11.3 Å². The van der Waals surface area contributed by atoms with Gasteiger partial charge in [0.1, 0.15) is 6.04 Å². The monoisotopic (exact) mass is 433 g/mol. The second-order valence-corrected chi connectivity index (χ2v) is 9.33. The van der Waals surface area contributed by atoms with E-state index < -0.39 is 38.6 Å². The van der Waals surface area contributed by atoms with Crippen molar-refractivity contribution in [3.63, 3.8) is 0 Å². The van der Waals surface area contributed by atoms with Crippen molar-refractivity contribution in [3.05, 3.63) is 45.9 Å². The Morgan fingerprint density at radius 2 is 2.14 bits per heavy atom. The average molecular weight is 433 g/mol. The number of carbonyl (C=O) groups excluding carboxylic acids is 1. The molecule has 0 unspecified atom stereocenters. The fourth-order valence-electron chi connectivity index (χ4n) is 3.04. The highest BCUT2D eigenvalue weighted by Gasteiger charge is 2.40. The maximum absolute atomic E-state index is 12.9. The van der Waals surface area contributed by atoms with Crippen LogP contribution in [-0.2, 0) is 27.5 Å². The maximum Gasteiger partial charge on any atom is 0.416 e. The minimum atomic E-state index is -4.65. The molecule has 1 fully saturated rings. The Balaban J connectivity index is 1.78. The average Bonchev–Trinajstić information content (AvgIpc) is 3.28. The summed E-state index contributed by atoms with van der Waals surface area (Å²) in [5.41, 5.74) is -0.381. The predicted molar refractivity (Wildman–Crippen MR) is 97.1 cm³/mol. The Kier molecular flexibility index (Phi) is 5.78. The van der Waals surface area contributed by atoms with Gasteiger partial charge in [0, 0.05) is 11.9 Å². The maximum atomic E-state index is 12.9. The number of thiazole rings is 1. The molecule has 1 aliphatic rings. The summed E-state index contributed by atoms with van der Waals surface area (Å²) in [4.78, 5) is 16.3. The first-order valence-corrected chi connectivity index (χ1v) is 10.8. The summed E-state index contributed by atoms with van der Waals surface area (Å²) in [5.74, 6) is -0.487. The summed E-state index contributed by atoms with van der Waals surface area (Å²) >= 11 is 1.43. The predicted octanol–water partition coefficient (Wildman–Crippen LogP) is 2.94. The van der Waals surface area contributed by atoms with Gasteiger partial charge >= 0.3 is 6.18 Å². The Bertz CT molecular complexity index is 973. The van der Waals surface area contributed by atoms with Crippen molar-refractivity contribution in [2.75, 3.05) is 6.54 Å². The van der Waals surface area contributed by atoms with Crippen molar-refractivity contribution in [2.24, 2.45) is 0 Å². The SMILES string of the molecule is Cc1nc(CNC(=O)[C@H]2CCCN2S(=O)(=O)c2cccc(C(F)(F)F)c2)cs1. The number of benzene rings is 1. The van der Waals surface area contributed by atoms with Gasteiger partial charge in [-0.15, -0.1) is 11.3 Å². The molecule has 1 atom stereocenters. The van der Waals surface area contributed by atoms with Crippen LogP contribution in [0.15, 0.2) is 34.5 Å². The smallest absolute Gasteiger partial charge is 0.349 e. The Hall–Kier alpha value is -1.98. The molecule has 0 bridgehead atoms. The summed E-state index contributed by atoms with van der Waals surface area (Å²) in [6.45, 7) is 2.07. The van der Waals surface area contributed by atoms with Crippen LogP contribution in [0, 0.1) is 6.92 Å². The highest BCUT2D eigenvalue weighted by molar-refractivity contribution is 7.89. The molecule has 1 aromatic heterocycles. The van der Waals surface area contributed by atoms with Gasteiger partial charge in [-0.1, -0.05) is 6.07 Å². The molecule has 0 saturated carbocycles. The first kappa shape index (κ1) is 20.7. The molecule has 28 heavy (non-hydrogen) atoms. The lowest BCUT2D eigenvalue weighted by Crippen LogP contribution is -2.45. The molecule has 152 valence electrons. The van der Waals surface area contributed by atoms with Gasteiger partial charge in [-0.05, 0) is 38.0 Å². The van der Waals surface area contributed by atoms with Gasteiger partial charge in [-0.2, -0.15) is 17.5 Å². The van der Waals surface area contributed by atoms with Gasteiger partial charge in [0.05, 0.1) is 27.7 Å². The number of carbonyl (C=O) groups is 1. The summed E-state index contributed by atoms with van der Waals surface area (Å²) in [6.07, 6.45) is -3.90. The van der Waals surface area contributed by atoms with E-state index >= 15 is 0 Å². The molecule has 1 aromatic carbocycles. The van der Waals surface area contributed by atoms with Crippen LogP contribution < -0.4 is 5.32 Å². The Labute approximate surface area is 164 Å². The van der Waals surface area contributed by atoms with Crippen LogP contribution >= 0.6 is 11.3 Å². The van der Waals surface area contributed by atoms with Gasteiger partial charge in [-0.25, -0.2) is 13.4 Å². The van der Waals surface area contributed by atoms with Crippen molar-refractivity contribution in [3.8, 4) is 0 Å². The van der Waals surface area contributed by atoms with Gasteiger partial charge < -0.3 is 5.32 Å². The molecule has 2 aromatic rings. The molecular weight excluding hydrogens is 415 g/mol. The van der Waals surface area contributed by atoms with Gasteiger partial charge in [0.25, 0.3) is 0 Å². The third-order valence-electron chi connectivity index (χ3n) is 4.38. The van der Waals surface area contributed by atoms with Crippen LogP contribution in [0.25, 0.3) is 0 Å². The second-order valence-electron chi connectivity index (χ2n) is 6.38. The van der Waals surface area contributed by atoms with Crippen LogP contribution in [0.2, 0.25) is 0 Å². The van der Waals surface area contributed by atoms with E-state index in [4.69, 9.17) is 0 Å². The van der Waals surface area contributed by atoms with Crippen molar-refractivity contribution in [1.29, 1.82) is 0 Å². The van der Waals surface area contributed by atoms with Gasteiger partial charge in [-0.3, -0.25) is 4.79 Å². The van der Waals surface area contributed by atoms with E-state index in [1.54, 1.807) is 5.38 Å². The summed E-state index contributed by atoms with van der Waals surface area (Å²) in [6, 6.07) is 2.60. The lowest BCUT2D eigenvalue weighted by atomic mass is 10.2. The number of aryl methyl sites for hydroxylation is 1. The summed E-state index contributed by atoms with van der Waals surface area (Å²) in [5, 5.41) is 5.30. The van der Waals surface area contributed by atoms with Gasteiger partial charge in [0.15, 0.2) is 0 Å². The molecule has 2 heterocycles.